The van der Waals surface area contributed by atoms with Crippen molar-refractivity contribution in [1.29, 1.82) is 0 Å². The van der Waals surface area contributed by atoms with Gasteiger partial charge in [-0.25, -0.2) is 0 Å². The van der Waals surface area contributed by atoms with Gasteiger partial charge >= 0.3 is 5.97 Å². The quantitative estimate of drug-likeness (QED) is 0.591. The van der Waals surface area contributed by atoms with E-state index in [1.165, 1.54) is 0 Å². The third-order valence-corrected chi connectivity index (χ3v) is 7.13. The van der Waals surface area contributed by atoms with Gasteiger partial charge in [-0.2, -0.15) is 0 Å². The number of fused-ring (bicyclic) bond motifs is 1. The molecule has 2 aromatic carbocycles. The number of carbonyl (C=O) groups excluding carboxylic acids is 2. The van der Waals surface area contributed by atoms with Crippen molar-refractivity contribution < 1.29 is 19.1 Å². The molecule has 5 nitrogen and oxygen atoms in total. The van der Waals surface area contributed by atoms with Crippen molar-refractivity contribution in [2.75, 3.05) is 5.32 Å². The molecule has 0 spiro atoms. The second kappa shape index (κ2) is 6.37. The lowest BCUT2D eigenvalue weighted by atomic mass is 9.79. The van der Waals surface area contributed by atoms with E-state index in [1.807, 2.05) is 54.6 Å². The molecule has 2 aliphatic carbocycles. The zero-order valence-corrected chi connectivity index (χ0v) is 16.0. The summed E-state index contributed by atoms with van der Waals surface area (Å²) in [7, 11) is 0. The minimum Gasteiger partial charge on any atom is -0.461 e. The van der Waals surface area contributed by atoms with Crippen LogP contribution in [0.2, 0.25) is 0 Å². The van der Waals surface area contributed by atoms with E-state index < -0.39 is 0 Å². The van der Waals surface area contributed by atoms with Crippen LogP contribution in [-0.4, -0.2) is 22.8 Å². The van der Waals surface area contributed by atoms with Crippen LogP contribution in [0.1, 0.15) is 6.42 Å². The van der Waals surface area contributed by atoms with Gasteiger partial charge in [0.15, 0.2) is 0 Å². The molecule has 0 radical (unpaired) electrons. The minimum absolute atomic E-state index is 0.0639. The second-order valence-electron chi connectivity index (χ2n) is 7.39. The highest BCUT2D eigenvalue weighted by molar-refractivity contribution is 9.09. The van der Waals surface area contributed by atoms with Gasteiger partial charge in [0.1, 0.15) is 17.6 Å². The Morgan fingerprint density at radius 1 is 1.04 bits per heavy atom. The number of amides is 1. The standard InChI is InChI=1S/C21H18BrNO4/c22-18-14-10-15-17(21(25)27-19(15)18)16(14)20(24)23-11-6-8-13(9-7-11)26-12-4-2-1-3-5-12/h1-9,14-19H,10H2,(H,23,24)/t14-,15-,16-,17-,18+,19+/m1/s1. The fourth-order valence-corrected chi connectivity index (χ4v) is 5.83. The van der Waals surface area contributed by atoms with Gasteiger partial charge in [-0.3, -0.25) is 9.59 Å². The fraction of sp³-hybridized carbons (Fsp3) is 0.333. The number of ether oxygens (including phenoxy) is 2. The van der Waals surface area contributed by atoms with Crippen LogP contribution in [0.3, 0.4) is 0 Å². The Hall–Kier alpha value is -2.34. The smallest absolute Gasteiger partial charge is 0.310 e. The molecule has 0 unspecified atom stereocenters. The number of benzene rings is 2. The number of alkyl halides is 1. The topological polar surface area (TPSA) is 64.6 Å². The predicted octanol–water partition coefficient (Wildman–Crippen LogP) is 3.99. The average Bonchev–Trinajstić information content (AvgIpc) is 3.28. The third-order valence-electron chi connectivity index (χ3n) is 5.93. The number of hydrogen-bond donors (Lipinski definition) is 1. The van der Waals surface area contributed by atoms with E-state index in [1.54, 1.807) is 0 Å². The highest BCUT2D eigenvalue weighted by Crippen LogP contribution is 2.60. The number of halogens is 1. The number of rotatable bonds is 4. The summed E-state index contributed by atoms with van der Waals surface area (Å²) in [6.07, 6.45) is 0.810. The Morgan fingerprint density at radius 2 is 1.74 bits per heavy atom. The molecule has 3 aliphatic rings. The van der Waals surface area contributed by atoms with Gasteiger partial charge in [0.2, 0.25) is 5.91 Å². The molecule has 0 aromatic heterocycles. The number of anilines is 1. The monoisotopic (exact) mass is 427 g/mol. The maximum atomic E-state index is 12.9. The summed E-state index contributed by atoms with van der Waals surface area (Å²) in [5.41, 5.74) is 0.692. The summed E-state index contributed by atoms with van der Waals surface area (Å²) in [6, 6.07) is 16.8. The Kier molecular flexibility index (Phi) is 3.97. The number of hydrogen-bond acceptors (Lipinski definition) is 4. The molecule has 6 atom stereocenters. The molecule has 1 N–H and O–H groups in total. The zero-order chi connectivity index (χ0) is 18.5. The highest BCUT2D eigenvalue weighted by atomic mass is 79.9. The molecular formula is C21H18BrNO4. The predicted molar refractivity (Wildman–Crippen MR) is 103 cm³/mol. The summed E-state index contributed by atoms with van der Waals surface area (Å²) in [5, 5.41) is 2.96. The van der Waals surface area contributed by atoms with E-state index in [4.69, 9.17) is 9.47 Å². The van der Waals surface area contributed by atoms with E-state index in [9.17, 15) is 9.59 Å². The Morgan fingerprint density at radius 3 is 2.48 bits per heavy atom. The summed E-state index contributed by atoms with van der Waals surface area (Å²) in [6.45, 7) is 0. The molecule has 1 aliphatic heterocycles. The molecular weight excluding hydrogens is 410 g/mol. The molecule has 1 heterocycles. The van der Waals surface area contributed by atoms with Gasteiger partial charge in [0.25, 0.3) is 0 Å². The van der Waals surface area contributed by atoms with E-state index >= 15 is 0 Å². The Balaban J connectivity index is 1.28. The van der Waals surface area contributed by atoms with Crippen LogP contribution in [0.15, 0.2) is 54.6 Å². The normalized spacial score (nSPS) is 33.0. The van der Waals surface area contributed by atoms with E-state index in [-0.39, 0.29) is 46.5 Å². The van der Waals surface area contributed by atoms with Crippen LogP contribution in [0.25, 0.3) is 0 Å². The van der Waals surface area contributed by atoms with Crippen LogP contribution in [0, 0.1) is 23.7 Å². The minimum atomic E-state index is -0.328. The van der Waals surface area contributed by atoms with Gasteiger partial charge in [0, 0.05) is 11.6 Å². The first-order valence-electron chi connectivity index (χ1n) is 9.10. The first-order chi connectivity index (χ1) is 13.1. The average molecular weight is 428 g/mol. The lowest BCUT2D eigenvalue weighted by Gasteiger charge is -2.27. The largest absolute Gasteiger partial charge is 0.461 e. The van der Waals surface area contributed by atoms with Crippen molar-refractivity contribution >= 4 is 33.5 Å². The van der Waals surface area contributed by atoms with Gasteiger partial charge < -0.3 is 14.8 Å². The summed E-state index contributed by atoms with van der Waals surface area (Å²) in [5.74, 6) is 0.824. The number of carbonyl (C=O) groups is 2. The molecule has 27 heavy (non-hydrogen) atoms. The van der Waals surface area contributed by atoms with Gasteiger partial charge in [-0.05, 0) is 48.7 Å². The summed E-state index contributed by atoms with van der Waals surface area (Å²) < 4.78 is 11.2. The van der Waals surface area contributed by atoms with Crippen LogP contribution in [0.4, 0.5) is 5.69 Å². The van der Waals surface area contributed by atoms with Crippen molar-refractivity contribution in [1.82, 2.24) is 0 Å². The first kappa shape index (κ1) is 16.8. The summed E-state index contributed by atoms with van der Waals surface area (Å²) in [4.78, 5) is 25.1. The number of esters is 1. The molecule has 2 saturated carbocycles. The van der Waals surface area contributed by atoms with Crippen molar-refractivity contribution in [3.8, 4) is 11.5 Å². The maximum Gasteiger partial charge on any atom is 0.310 e. The molecule has 1 amide bonds. The van der Waals surface area contributed by atoms with Gasteiger partial charge in [-0.1, -0.05) is 34.1 Å². The fourth-order valence-electron chi connectivity index (χ4n) is 4.79. The first-order valence-corrected chi connectivity index (χ1v) is 10.0. The molecule has 3 fully saturated rings. The van der Waals surface area contributed by atoms with Crippen LogP contribution >= 0.6 is 15.9 Å². The lowest BCUT2D eigenvalue weighted by molar-refractivity contribution is -0.145. The van der Waals surface area contributed by atoms with E-state index in [2.05, 4.69) is 21.2 Å². The van der Waals surface area contributed by atoms with Crippen molar-refractivity contribution in [2.24, 2.45) is 23.7 Å². The second-order valence-corrected chi connectivity index (χ2v) is 8.45. The highest BCUT2D eigenvalue weighted by Gasteiger charge is 2.67. The Labute approximate surface area is 165 Å². The zero-order valence-electron chi connectivity index (χ0n) is 14.4. The molecule has 138 valence electrons. The van der Waals surface area contributed by atoms with E-state index in [0.717, 1.165) is 12.2 Å². The van der Waals surface area contributed by atoms with Crippen molar-refractivity contribution in [3.05, 3.63) is 54.6 Å². The molecule has 2 aromatic rings. The van der Waals surface area contributed by atoms with Crippen LogP contribution < -0.4 is 10.1 Å². The lowest BCUT2D eigenvalue weighted by Crippen LogP contribution is -2.40. The molecule has 5 rings (SSSR count). The Bertz CT molecular complexity index is 885. The van der Waals surface area contributed by atoms with Crippen LogP contribution in [0.5, 0.6) is 11.5 Å². The molecule has 2 bridgehead atoms. The van der Waals surface area contributed by atoms with Gasteiger partial charge in [0.05, 0.1) is 16.7 Å². The maximum absolute atomic E-state index is 12.9. The summed E-state index contributed by atoms with van der Waals surface area (Å²) >= 11 is 3.64. The van der Waals surface area contributed by atoms with Crippen molar-refractivity contribution in [3.63, 3.8) is 0 Å². The SMILES string of the molecule is O=C(Nc1ccc(Oc2ccccc2)cc1)[C@@H]1[C@H]2C[C@H]3[C@H](OC(=O)[C@H]31)[C@H]2Br. The molecule has 1 saturated heterocycles. The third kappa shape index (κ3) is 2.74. The van der Waals surface area contributed by atoms with E-state index in [0.29, 0.717) is 11.4 Å². The number of para-hydroxylation sites is 1. The van der Waals surface area contributed by atoms with Crippen LogP contribution in [-0.2, 0) is 14.3 Å². The van der Waals surface area contributed by atoms with Crippen molar-refractivity contribution in [2.45, 2.75) is 17.4 Å². The molecule has 6 heteroatoms. The number of nitrogens with one attached hydrogen (secondary N) is 1. The van der Waals surface area contributed by atoms with Gasteiger partial charge in [-0.15, -0.1) is 0 Å².